The Bertz CT molecular complexity index is 879. The molecule has 2 aromatic rings. The van der Waals surface area contributed by atoms with Crippen LogP contribution in [0.5, 0.6) is 11.5 Å². The molecule has 0 unspecified atom stereocenters. The number of nitrogens with zero attached hydrogens (tertiary/aromatic N) is 1. The smallest absolute Gasteiger partial charge is 0.254 e. The maximum Gasteiger partial charge on any atom is 0.254 e. The van der Waals surface area contributed by atoms with Gasteiger partial charge in [0.05, 0.1) is 25.5 Å². The van der Waals surface area contributed by atoms with Gasteiger partial charge in [-0.1, -0.05) is 25.0 Å². The first-order valence-electron chi connectivity index (χ1n) is 10.2. The number of carbonyl (C=O) groups is 2. The van der Waals surface area contributed by atoms with Crippen LogP contribution in [0.15, 0.2) is 47.4 Å². The maximum absolute atomic E-state index is 13.0. The summed E-state index contributed by atoms with van der Waals surface area (Å²) in [5, 5.41) is 2.87. The molecule has 30 heavy (non-hydrogen) atoms. The van der Waals surface area contributed by atoms with E-state index in [0.29, 0.717) is 22.7 Å². The summed E-state index contributed by atoms with van der Waals surface area (Å²) in [5.74, 6) is 1.27. The Balaban J connectivity index is 1.63. The number of likely N-dealkylation sites (tertiary alicyclic amines) is 1. The molecule has 1 aliphatic rings. The highest BCUT2D eigenvalue weighted by molar-refractivity contribution is 8.00. The molecule has 0 bridgehead atoms. The Labute approximate surface area is 181 Å². The molecule has 160 valence electrons. The maximum atomic E-state index is 13.0. The van der Waals surface area contributed by atoms with Gasteiger partial charge in [0.2, 0.25) is 5.91 Å². The van der Waals surface area contributed by atoms with Crippen molar-refractivity contribution in [2.45, 2.75) is 30.6 Å². The lowest BCUT2D eigenvalue weighted by Gasteiger charge is -2.21. The van der Waals surface area contributed by atoms with Gasteiger partial charge >= 0.3 is 0 Å². The molecule has 1 saturated heterocycles. The van der Waals surface area contributed by atoms with Crippen molar-refractivity contribution >= 4 is 29.3 Å². The van der Waals surface area contributed by atoms with Crippen LogP contribution in [-0.2, 0) is 4.79 Å². The quantitative estimate of drug-likeness (QED) is 0.660. The van der Waals surface area contributed by atoms with Crippen LogP contribution in [0, 0.1) is 0 Å². The summed E-state index contributed by atoms with van der Waals surface area (Å²) >= 11 is 1.37. The Morgan fingerprint density at radius 3 is 2.37 bits per heavy atom. The number of nitrogens with one attached hydrogen (secondary N) is 1. The molecular formula is C23H28N2O4S. The fourth-order valence-corrected chi connectivity index (χ4v) is 4.31. The van der Waals surface area contributed by atoms with Gasteiger partial charge in [0.25, 0.3) is 5.91 Å². The predicted molar refractivity (Wildman–Crippen MR) is 120 cm³/mol. The van der Waals surface area contributed by atoms with E-state index in [2.05, 4.69) is 5.32 Å². The van der Waals surface area contributed by atoms with Crippen molar-refractivity contribution in [3.8, 4) is 11.5 Å². The van der Waals surface area contributed by atoms with Crippen LogP contribution < -0.4 is 14.8 Å². The number of ether oxygens (including phenoxy) is 2. The first kappa shape index (κ1) is 22.0. The zero-order valence-corrected chi connectivity index (χ0v) is 18.3. The van der Waals surface area contributed by atoms with Crippen molar-refractivity contribution in [1.82, 2.24) is 4.90 Å². The Kier molecular flexibility index (Phi) is 8.02. The van der Waals surface area contributed by atoms with Crippen LogP contribution in [0.25, 0.3) is 0 Å². The number of amides is 2. The Morgan fingerprint density at radius 2 is 1.67 bits per heavy atom. The van der Waals surface area contributed by atoms with E-state index in [9.17, 15) is 9.59 Å². The van der Waals surface area contributed by atoms with Crippen molar-refractivity contribution in [3.05, 3.63) is 48.0 Å². The van der Waals surface area contributed by atoms with Crippen molar-refractivity contribution in [3.63, 3.8) is 0 Å². The minimum Gasteiger partial charge on any atom is -0.493 e. The lowest BCUT2D eigenvalue weighted by molar-refractivity contribution is -0.113. The van der Waals surface area contributed by atoms with Gasteiger partial charge in [-0.05, 0) is 37.1 Å². The van der Waals surface area contributed by atoms with Crippen molar-refractivity contribution in [2.24, 2.45) is 0 Å². The third-order valence-corrected chi connectivity index (χ3v) is 6.11. The van der Waals surface area contributed by atoms with E-state index in [1.165, 1.54) is 24.6 Å². The second-order valence-corrected chi connectivity index (χ2v) is 8.13. The van der Waals surface area contributed by atoms with Crippen molar-refractivity contribution in [1.29, 1.82) is 0 Å². The van der Waals surface area contributed by atoms with E-state index in [-0.39, 0.29) is 17.6 Å². The van der Waals surface area contributed by atoms with Gasteiger partial charge < -0.3 is 19.7 Å². The van der Waals surface area contributed by atoms with E-state index in [1.54, 1.807) is 32.4 Å². The van der Waals surface area contributed by atoms with E-state index < -0.39 is 0 Å². The summed E-state index contributed by atoms with van der Waals surface area (Å²) in [5.41, 5.74) is 1.30. The Morgan fingerprint density at radius 1 is 0.967 bits per heavy atom. The molecule has 0 radical (unpaired) electrons. The SMILES string of the molecule is COc1ccc(NC(=O)CSc2ccccc2C(=O)N2CCCCCC2)cc1OC. The average molecular weight is 429 g/mol. The second kappa shape index (κ2) is 10.9. The van der Waals surface area contributed by atoms with Gasteiger partial charge in [-0.3, -0.25) is 9.59 Å². The number of anilines is 1. The van der Waals surface area contributed by atoms with Crippen molar-refractivity contribution < 1.29 is 19.1 Å². The molecule has 0 aromatic heterocycles. The molecule has 1 N–H and O–H groups in total. The molecule has 7 heteroatoms. The van der Waals surface area contributed by atoms with E-state index in [1.807, 2.05) is 29.2 Å². The summed E-state index contributed by atoms with van der Waals surface area (Å²) in [6.45, 7) is 1.61. The van der Waals surface area contributed by atoms with Crippen LogP contribution in [0.4, 0.5) is 5.69 Å². The molecule has 2 aromatic carbocycles. The first-order chi connectivity index (χ1) is 14.6. The summed E-state index contributed by atoms with van der Waals surface area (Å²) < 4.78 is 10.5. The number of thioether (sulfide) groups is 1. The highest BCUT2D eigenvalue weighted by Crippen LogP contribution is 2.30. The van der Waals surface area contributed by atoms with Gasteiger partial charge in [0.15, 0.2) is 11.5 Å². The van der Waals surface area contributed by atoms with Crippen LogP contribution in [0.3, 0.4) is 0 Å². The lowest BCUT2D eigenvalue weighted by Crippen LogP contribution is -2.32. The van der Waals surface area contributed by atoms with E-state index >= 15 is 0 Å². The molecule has 2 amide bonds. The zero-order valence-electron chi connectivity index (χ0n) is 17.5. The summed E-state index contributed by atoms with van der Waals surface area (Å²) in [7, 11) is 3.12. The molecule has 0 spiro atoms. The normalized spacial score (nSPS) is 14.0. The molecule has 0 atom stereocenters. The van der Waals surface area contributed by atoms with Gasteiger partial charge in [-0.15, -0.1) is 11.8 Å². The average Bonchev–Trinajstić information content (AvgIpc) is 3.07. The fraction of sp³-hybridized carbons (Fsp3) is 0.391. The zero-order chi connectivity index (χ0) is 21.3. The summed E-state index contributed by atoms with van der Waals surface area (Å²) in [6, 6.07) is 12.8. The fourth-order valence-electron chi connectivity index (χ4n) is 3.47. The number of carbonyl (C=O) groups excluding carboxylic acids is 2. The van der Waals surface area contributed by atoms with E-state index in [4.69, 9.17) is 9.47 Å². The highest BCUT2D eigenvalue weighted by Gasteiger charge is 2.20. The number of benzene rings is 2. The number of methoxy groups -OCH3 is 2. The third kappa shape index (κ3) is 5.69. The topological polar surface area (TPSA) is 67.9 Å². The molecule has 1 fully saturated rings. The molecule has 1 heterocycles. The molecular weight excluding hydrogens is 400 g/mol. The molecule has 3 rings (SSSR count). The monoisotopic (exact) mass is 428 g/mol. The van der Waals surface area contributed by atoms with Gasteiger partial charge in [-0.2, -0.15) is 0 Å². The summed E-state index contributed by atoms with van der Waals surface area (Å²) in [4.78, 5) is 28.3. The third-order valence-electron chi connectivity index (χ3n) is 5.04. The molecule has 0 saturated carbocycles. The molecule has 6 nitrogen and oxygen atoms in total. The van der Waals surface area contributed by atoms with Crippen LogP contribution in [-0.4, -0.2) is 49.8 Å². The summed E-state index contributed by atoms with van der Waals surface area (Å²) in [6.07, 6.45) is 4.45. The van der Waals surface area contributed by atoms with Gasteiger partial charge in [-0.25, -0.2) is 0 Å². The standard InChI is InChI=1S/C23H28N2O4S/c1-28-19-12-11-17(15-20(19)29-2)24-22(26)16-30-21-10-6-5-9-18(21)23(27)25-13-7-3-4-8-14-25/h5-6,9-12,15H,3-4,7-8,13-14,16H2,1-2H3,(H,24,26). The second-order valence-electron chi connectivity index (χ2n) is 7.11. The Hall–Kier alpha value is -2.67. The highest BCUT2D eigenvalue weighted by atomic mass is 32.2. The largest absolute Gasteiger partial charge is 0.493 e. The minimum absolute atomic E-state index is 0.0558. The lowest BCUT2D eigenvalue weighted by atomic mass is 10.2. The number of rotatable bonds is 7. The van der Waals surface area contributed by atoms with Crippen LogP contribution >= 0.6 is 11.8 Å². The van der Waals surface area contributed by atoms with Crippen LogP contribution in [0.2, 0.25) is 0 Å². The van der Waals surface area contributed by atoms with E-state index in [0.717, 1.165) is 30.8 Å². The van der Waals surface area contributed by atoms with Gasteiger partial charge in [0.1, 0.15) is 0 Å². The van der Waals surface area contributed by atoms with Crippen LogP contribution in [0.1, 0.15) is 36.0 Å². The van der Waals surface area contributed by atoms with Gasteiger partial charge in [0, 0.05) is 29.7 Å². The first-order valence-corrected chi connectivity index (χ1v) is 11.1. The number of hydrogen-bond donors (Lipinski definition) is 1. The number of hydrogen-bond acceptors (Lipinski definition) is 5. The van der Waals surface area contributed by atoms with Crippen molar-refractivity contribution in [2.75, 3.05) is 38.4 Å². The minimum atomic E-state index is -0.149. The molecule has 0 aliphatic carbocycles. The molecule has 1 aliphatic heterocycles. The predicted octanol–water partition coefficient (Wildman–Crippen LogP) is 4.45.